The smallest absolute Gasteiger partial charge is 0.210 e. The third-order valence-electron chi connectivity index (χ3n) is 4.34. The summed E-state index contributed by atoms with van der Waals surface area (Å²) in [6.45, 7) is 15.0. The summed E-state index contributed by atoms with van der Waals surface area (Å²) < 4.78 is 27.3. The number of benzene rings is 1. The molecule has 0 atom stereocenters. The number of aromatic nitrogens is 1. The van der Waals surface area contributed by atoms with Crippen LogP contribution in [0.4, 0.5) is 0 Å². The molecule has 0 N–H and O–H groups in total. The van der Waals surface area contributed by atoms with Gasteiger partial charge in [-0.2, -0.15) is 0 Å². The summed E-state index contributed by atoms with van der Waals surface area (Å²) >= 11 is 3.10. The predicted octanol–water partition coefficient (Wildman–Crippen LogP) is 6.24. The molecule has 3 aromatic rings. The molecule has 0 aliphatic heterocycles. The third-order valence-corrected chi connectivity index (χ3v) is 9.71. The zero-order valence-electron chi connectivity index (χ0n) is 17.0. The van der Waals surface area contributed by atoms with Gasteiger partial charge in [0.1, 0.15) is 0 Å². The number of thiophene rings is 1. The Balaban J connectivity index is 2.12. The summed E-state index contributed by atoms with van der Waals surface area (Å²) in [5.41, 5.74) is 2.67. The van der Waals surface area contributed by atoms with E-state index in [-0.39, 0.29) is 20.9 Å². The minimum absolute atomic E-state index is 0.0114. The lowest BCUT2D eigenvalue weighted by molar-refractivity contribution is 0.593. The van der Waals surface area contributed by atoms with Crippen molar-refractivity contribution in [3.05, 3.63) is 45.1 Å². The molecule has 2 heterocycles. The summed E-state index contributed by atoms with van der Waals surface area (Å²) in [5.74, 6) is -0.0114. The van der Waals surface area contributed by atoms with Crippen molar-refractivity contribution in [3.63, 3.8) is 0 Å². The Morgan fingerprint density at radius 1 is 0.889 bits per heavy atom. The SMILES string of the molecule is Cc1ccc(CS(=O)(=O)c2nc3c(C(C)(C)C)sc(C(C)(C)C)c3s2)cc1. The molecule has 0 spiro atoms. The van der Waals surface area contributed by atoms with E-state index in [1.165, 1.54) is 16.2 Å². The number of hydrogen-bond donors (Lipinski definition) is 0. The van der Waals surface area contributed by atoms with Gasteiger partial charge in [0.15, 0.2) is 0 Å². The Bertz CT molecular complexity index is 1030. The monoisotopic (exact) mass is 421 g/mol. The van der Waals surface area contributed by atoms with Crippen LogP contribution < -0.4 is 0 Å². The summed E-state index contributed by atoms with van der Waals surface area (Å²) in [6.07, 6.45) is 0. The highest BCUT2D eigenvalue weighted by molar-refractivity contribution is 7.92. The fourth-order valence-corrected chi connectivity index (χ4v) is 7.34. The fraction of sp³-hybridized carbons (Fsp3) is 0.476. The highest BCUT2D eigenvalue weighted by atomic mass is 32.2. The Morgan fingerprint density at radius 2 is 1.44 bits per heavy atom. The van der Waals surface area contributed by atoms with E-state index < -0.39 is 9.84 Å². The standard InChI is InChI=1S/C21H27NO2S3/c1-13-8-10-14(11-9-13)12-27(23,24)19-22-15-16(25-19)18(21(5,6)7)26-17(15)20(2,3)4/h8-11H,12H2,1-7H3. The molecule has 3 rings (SSSR count). The van der Waals surface area contributed by atoms with E-state index in [2.05, 4.69) is 46.5 Å². The third kappa shape index (κ3) is 4.13. The van der Waals surface area contributed by atoms with Gasteiger partial charge >= 0.3 is 0 Å². The molecular formula is C21H27NO2S3. The molecule has 3 nitrogen and oxygen atoms in total. The maximum atomic E-state index is 13.0. The molecule has 27 heavy (non-hydrogen) atoms. The van der Waals surface area contributed by atoms with Gasteiger partial charge in [-0.1, -0.05) is 71.4 Å². The summed E-state index contributed by atoms with van der Waals surface area (Å²) in [5, 5.41) is 0. The van der Waals surface area contributed by atoms with Crippen LogP contribution in [-0.4, -0.2) is 13.4 Å². The minimum Gasteiger partial charge on any atom is -0.224 e. The zero-order valence-corrected chi connectivity index (χ0v) is 19.5. The van der Waals surface area contributed by atoms with Crippen LogP contribution in [0.5, 0.6) is 0 Å². The van der Waals surface area contributed by atoms with Crippen LogP contribution >= 0.6 is 22.7 Å². The number of nitrogens with zero attached hydrogens (tertiary/aromatic N) is 1. The van der Waals surface area contributed by atoms with Crippen LogP contribution in [0.1, 0.15) is 62.4 Å². The van der Waals surface area contributed by atoms with E-state index >= 15 is 0 Å². The summed E-state index contributed by atoms with van der Waals surface area (Å²) in [4.78, 5) is 7.02. The van der Waals surface area contributed by atoms with Crippen LogP contribution in [-0.2, 0) is 26.4 Å². The minimum atomic E-state index is -3.47. The molecule has 0 unspecified atom stereocenters. The zero-order chi connectivity index (χ0) is 20.2. The van der Waals surface area contributed by atoms with E-state index in [9.17, 15) is 8.42 Å². The van der Waals surface area contributed by atoms with Crippen molar-refractivity contribution in [1.29, 1.82) is 0 Å². The lowest BCUT2D eigenvalue weighted by Gasteiger charge is -2.18. The van der Waals surface area contributed by atoms with E-state index in [4.69, 9.17) is 0 Å². The molecule has 0 aliphatic rings. The first kappa shape index (κ1) is 20.5. The van der Waals surface area contributed by atoms with Crippen molar-refractivity contribution in [2.45, 2.75) is 69.4 Å². The van der Waals surface area contributed by atoms with E-state index in [0.29, 0.717) is 0 Å². The molecule has 0 aliphatic carbocycles. The molecule has 0 saturated heterocycles. The largest absolute Gasteiger partial charge is 0.224 e. The first-order valence-corrected chi connectivity index (χ1v) is 12.3. The summed E-state index contributed by atoms with van der Waals surface area (Å²) in [7, 11) is -3.47. The number of rotatable bonds is 3. The number of fused-ring (bicyclic) bond motifs is 1. The molecule has 6 heteroatoms. The maximum absolute atomic E-state index is 13.0. The molecule has 1 aromatic carbocycles. The van der Waals surface area contributed by atoms with Gasteiger partial charge in [-0.15, -0.1) is 22.7 Å². The van der Waals surface area contributed by atoms with Gasteiger partial charge in [0.05, 0.1) is 16.0 Å². The Hall–Kier alpha value is -1.24. The van der Waals surface area contributed by atoms with Gasteiger partial charge in [0.25, 0.3) is 0 Å². The summed E-state index contributed by atoms with van der Waals surface area (Å²) in [6, 6.07) is 7.65. The van der Waals surface area contributed by atoms with Crippen LogP contribution in [0, 0.1) is 6.92 Å². The van der Waals surface area contributed by atoms with Crippen molar-refractivity contribution in [2.24, 2.45) is 0 Å². The first-order chi connectivity index (χ1) is 12.3. The van der Waals surface area contributed by atoms with E-state index in [1.807, 2.05) is 31.2 Å². The second-order valence-electron chi connectivity index (χ2n) is 9.16. The molecule has 0 amide bonds. The Labute approximate surface area is 170 Å². The molecule has 2 aromatic heterocycles. The van der Waals surface area contributed by atoms with Gasteiger partial charge in [-0.3, -0.25) is 0 Å². The molecule has 0 bridgehead atoms. The van der Waals surface area contributed by atoms with Crippen LogP contribution in [0.25, 0.3) is 10.2 Å². The number of hydrogen-bond acceptors (Lipinski definition) is 5. The Morgan fingerprint density at radius 3 is 1.96 bits per heavy atom. The van der Waals surface area contributed by atoms with Gasteiger partial charge in [-0.05, 0) is 23.3 Å². The van der Waals surface area contributed by atoms with Gasteiger partial charge < -0.3 is 0 Å². The first-order valence-electron chi connectivity index (χ1n) is 9.01. The highest BCUT2D eigenvalue weighted by Crippen LogP contribution is 2.46. The topological polar surface area (TPSA) is 47.0 Å². The fourth-order valence-electron chi connectivity index (χ4n) is 2.91. The van der Waals surface area contributed by atoms with Gasteiger partial charge in [0.2, 0.25) is 14.2 Å². The van der Waals surface area contributed by atoms with Gasteiger partial charge in [0, 0.05) is 9.75 Å². The van der Waals surface area contributed by atoms with Crippen molar-refractivity contribution in [3.8, 4) is 0 Å². The lowest BCUT2D eigenvalue weighted by Crippen LogP contribution is -2.10. The highest BCUT2D eigenvalue weighted by Gasteiger charge is 2.32. The molecular weight excluding hydrogens is 394 g/mol. The van der Waals surface area contributed by atoms with Crippen molar-refractivity contribution in [2.75, 3.05) is 0 Å². The molecule has 146 valence electrons. The average Bonchev–Trinajstić information content (AvgIpc) is 3.06. The van der Waals surface area contributed by atoms with Crippen LogP contribution in [0.2, 0.25) is 0 Å². The quantitative estimate of drug-likeness (QED) is 0.503. The van der Waals surface area contributed by atoms with E-state index in [0.717, 1.165) is 26.2 Å². The number of aryl methyl sites for hydroxylation is 1. The lowest BCUT2D eigenvalue weighted by atomic mass is 9.92. The van der Waals surface area contributed by atoms with E-state index in [1.54, 1.807) is 11.3 Å². The van der Waals surface area contributed by atoms with Crippen molar-refractivity contribution >= 4 is 42.7 Å². The van der Waals surface area contributed by atoms with Crippen molar-refractivity contribution < 1.29 is 8.42 Å². The van der Waals surface area contributed by atoms with Gasteiger partial charge in [-0.25, -0.2) is 13.4 Å². The normalized spacial score (nSPS) is 13.4. The van der Waals surface area contributed by atoms with Crippen LogP contribution in [0.3, 0.4) is 0 Å². The average molecular weight is 422 g/mol. The molecule has 0 fully saturated rings. The molecule has 0 radical (unpaired) electrons. The predicted molar refractivity (Wildman–Crippen MR) is 117 cm³/mol. The Kier molecular flexibility index (Phi) is 5.07. The number of thiazole rings is 1. The number of sulfone groups is 1. The second-order valence-corrected chi connectivity index (χ2v) is 13.3. The maximum Gasteiger partial charge on any atom is 0.210 e. The van der Waals surface area contributed by atoms with Crippen LogP contribution in [0.15, 0.2) is 28.6 Å². The van der Waals surface area contributed by atoms with Crippen molar-refractivity contribution in [1.82, 2.24) is 4.98 Å². The molecule has 0 saturated carbocycles. The second kappa shape index (κ2) is 6.68.